The standard InChI is InChI=1S/C22H27ClN2O2S/c1-4-27-21(26)19-12-11-18(14-20(19)23)25-22(28)24-13-5-6-16-7-9-17(10-8-16)15(2)3/h7-12,14-15H,4-6,13H2,1-3H3,(H2,24,25,28). The fourth-order valence-corrected chi connectivity index (χ4v) is 3.18. The molecular weight excluding hydrogens is 392 g/mol. The number of aryl methyl sites for hydroxylation is 1. The lowest BCUT2D eigenvalue weighted by Crippen LogP contribution is -2.29. The van der Waals surface area contributed by atoms with E-state index in [-0.39, 0.29) is 0 Å². The molecule has 0 aromatic heterocycles. The number of hydrogen-bond donors (Lipinski definition) is 2. The summed E-state index contributed by atoms with van der Waals surface area (Å²) in [4.78, 5) is 11.8. The highest BCUT2D eigenvalue weighted by atomic mass is 35.5. The zero-order valence-electron chi connectivity index (χ0n) is 16.5. The number of ether oxygens (including phenoxy) is 1. The minimum atomic E-state index is -0.429. The molecule has 0 fully saturated rings. The summed E-state index contributed by atoms with van der Waals surface area (Å²) in [6, 6.07) is 13.8. The summed E-state index contributed by atoms with van der Waals surface area (Å²) in [7, 11) is 0. The molecule has 0 saturated carbocycles. The van der Waals surface area contributed by atoms with Crippen molar-refractivity contribution in [3.63, 3.8) is 0 Å². The molecule has 0 bridgehead atoms. The van der Waals surface area contributed by atoms with E-state index in [0.717, 1.165) is 25.1 Å². The molecule has 0 aliphatic rings. The minimum Gasteiger partial charge on any atom is -0.462 e. The molecule has 0 heterocycles. The van der Waals surface area contributed by atoms with E-state index in [1.54, 1.807) is 25.1 Å². The number of anilines is 1. The SMILES string of the molecule is CCOC(=O)c1ccc(NC(=S)NCCCc2ccc(C(C)C)cc2)cc1Cl. The van der Waals surface area contributed by atoms with Gasteiger partial charge >= 0.3 is 5.97 Å². The van der Waals surface area contributed by atoms with Crippen molar-refractivity contribution in [1.29, 1.82) is 0 Å². The number of thiocarbonyl (C=S) groups is 1. The van der Waals surface area contributed by atoms with Gasteiger partial charge in [0.1, 0.15) is 0 Å². The average Bonchev–Trinajstić information content (AvgIpc) is 2.66. The van der Waals surface area contributed by atoms with E-state index in [2.05, 4.69) is 48.7 Å². The molecule has 0 amide bonds. The molecule has 0 aliphatic heterocycles. The molecule has 28 heavy (non-hydrogen) atoms. The first-order valence-electron chi connectivity index (χ1n) is 9.51. The van der Waals surface area contributed by atoms with Crippen LogP contribution in [0.3, 0.4) is 0 Å². The van der Waals surface area contributed by atoms with Crippen LogP contribution in [-0.2, 0) is 11.2 Å². The summed E-state index contributed by atoms with van der Waals surface area (Å²) < 4.78 is 4.97. The van der Waals surface area contributed by atoms with E-state index in [1.165, 1.54) is 11.1 Å². The molecule has 0 spiro atoms. The summed E-state index contributed by atoms with van der Waals surface area (Å²) >= 11 is 11.5. The zero-order valence-corrected chi connectivity index (χ0v) is 18.1. The molecule has 2 N–H and O–H groups in total. The number of carbonyl (C=O) groups is 1. The summed E-state index contributed by atoms with van der Waals surface area (Å²) in [6.45, 7) is 7.23. The van der Waals surface area contributed by atoms with E-state index >= 15 is 0 Å². The normalized spacial score (nSPS) is 10.6. The molecule has 6 heteroatoms. The van der Waals surface area contributed by atoms with Gasteiger partial charge in [-0.2, -0.15) is 0 Å². The van der Waals surface area contributed by atoms with E-state index in [1.807, 2.05) is 0 Å². The molecule has 0 saturated heterocycles. The Hall–Kier alpha value is -2.11. The third-order valence-corrected chi connectivity index (χ3v) is 4.86. The van der Waals surface area contributed by atoms with E-state index in [0.29, 0.717) is 28.2 Å². The Labute approximate surface area is 177 Å². The Morgan fingerprint density at radius 1 is 1.18 bits per heavy atom. The number of benzene rings is 2. The quantitative estimate of drug-likeness (QED) is 0.334. The molecule has 0 aliphatic carbocycles. The second-order valence-corrected chi connectivity index (χ2v) is 7.61. The fraction of sp³-hybridized carbons (Fsp3) is 0.364. The summed E-state index contributed by atoms with van der Waals surface area (Å²) in [5, 5.41) is 7.13. The van der Waals surface area contributed by atoms with Crippen molar-refractivity contribution >= 4 is 40.6 Å². The van der Waals surface area contributed by atoms with Gasteiger partial charge in [-0.3, -0.25) is 0 Å². The maximum absolute atomic E-state index is 11.8. The van der Waals surface area contributed by atoms with Gasteiger partial charge in [-0.05, 0) is 67.2 Å². The second-order valence-electron chi connectivity index (χ2n) is 6.80. The lowest BCUT2D eigenvalue weighted by atomic mass is 10.0. The predicted octanol–water partition coefficient (Wildman–Crippen LogP) is 5.56. The van der Waals surface area contributed by atoms with Crippen LogP contribution in [0, 0.1) is 0 Å². The highest BCUT2D eigenvalue weighted by molar-refractivity contribution is 7.80. The van der Waals surface area contributed by atoms with Crippen LogP contribution in [0.4, 0.5) is 5.69 Å². The van der Waals surface area contributed by atoms with Crippen molar-refractivity contribution in [2.24, 2.45) is 0 Å². The Balaban J connectivity index is 1.76. The Kier molecular flexibility index (Phi) is 8.74. The average molecular weight is 419 g/mol. The van der Waals surface area contributed by atoms with Gasteiger partial charge in [-0.25, -0.2) is 4.79 Å². The number of hydrogen-bond acceptors (Lipinski definition) is 3. The van der Waals surface area contributed by atoms with Crippen LogP contribution in [0.2, 0.25) is 5.02 Å². The van der Waals surface area contributed by atoms with E-state index < -0.39 is 5.97 Å². The zero-order chi connectivity index (χ0) is 20.5. The van der Waals surface area contributed by atoms with Gasteiger partial charge in [0, 0.05) is 12.2 Å². The first kappa shape index (κ1) is 22.2. The first-order chi connectivity index (χ1) is 13.4. The molecule has 0 unspecified atom stereocenters. The van der Waals surface area contributed by atoms with Crippen LogP contribution >= 0.6 is 23.8 Å². The first-order valence-corrected chi connectivity index (χ1v) is 10.3. The van der Waals surface area contributed by atoms with E-state index in [4.69, 9.17) is 28.6 Å². The Morgan fingerprint density at radius 3 is 2.50 bits per heavy atom. The molecule has 2 aromatic carbocycles. The molecule has 0 radical (unpaired) electrons. The van der Waals surface area contributed by atoms with Crippen LogP contribution in [0.5, 0.6) is 0 Å². The van der Waals surface area contributed by atoms with Gasteiger partial charge in [-0.15, -0.1) is 0 Å². The number of rotatable bonds is 8. The summed E-state index contributed by atoms with van der Waals surface area (Å²) in [5.41, 5.74) is 3.75. The van der Waals surface area contributed by atoms with Gasteiger partial charge in [0.15, 0.2) is 5.11 Å². The number of carbonyl (C=O) groups excluding carboxylic acids is 1. The topological polar surface area (TPSA) is 50.4 Å². The highest BCUT2D eigenvalue weighted by Crippen LogP contribution is 2.22. The van der Waals surface area contributed by atoms with Gasteiger partial charge in [0.05, 0.1) is 17.2 Å². The van der Waals surface area contributed by atoms with Gasteiger partial charge in [-0.1, -0.05) is 49.7 Å². The van der Waals surface area contributed by atoms with Crippen molar-refractivity contribution in [3.05, 3.63) is 64.2 Å². The fourth-order valence-electron chi connectivity index (χ4n) is 2.71. The number of halogens is 1. The van der Waals surface area contributed by atoms with Crippen LogP contribution < -0.4 is 10.6 Å². The number of esters is 1. The van der Waals surface area contributed by atoms with Crippen molar-refractivity contribution in [2.75, 3.05) is 18.5 Å². The van der Waals surface area contributed by atoms with Crippen LogP contribution in [0.15, 0.2) is 42.5 Å². The second kappa shape index (κ2) is 11.0. The van der Waals surface area contributed by atoms with Crippen molar-refractivity contribution in [3.8, 4) is 0 Å². The molecule has 4 nitrogen and oxygen atoms in total. The van der Waals surface area contributed by atoms with Crippen LogP contribution in [-0.4, -0.2) is 24.2 Å². The monoisotopic (exact) mass is 418 g/mol. The third-order valence-electron chi connectivity index (χ3n) is 4.30. The largest absolute Gasteiger partial charge is 0.462 e. The highest BCUT2D eigenvalue weighted by Gasteiger charge is 2.12. The van der Waals surface area contributed by atoms with Gasteiger partial charge < -0.3 is 15.4 Å². The minimum absolute atomic E-state index is 0.311. The van der Waals surface area contributed by atoms with Crippen LogP contribution in [0.1, 0.15) is 54.6 Å². The van der Waals surface area contributed by atoms with E-state index in [9.17, 15) is 4.79 Å². The summed E-state index contributed by atoms with van der Waals surface area (Å²) in [5.74, 6) is 0.125. The maximum Gasteiger partial charge on any atom is 0.339 e. The Morgan fingerprint density at radius 2 is 1.89 bits per heavy atom. The summed E-state index contributed by atoms with van der Waals surface area (Å²) in [6.07, 6.45) is 1.97. The lowest BCUT2D eigenvalue weighted by Gasteiger charge is -2.12. The maximum atomic E-state index is 11.8. The van der Waals surface area contributed by atoms with Crippen molar-refractivity contribution in [2.45, 2.75) is 39.5 Å². The van der Waals surface area contributed by atoms with Crippen molar-refractivity contribution in [1.82, 2.24) is 5.32 Å². The number of nitrogens with one attached hydrogen (secondary N) is 2. The lowest BCUT2D eigenvalue weighted by molar-refractivity contribution is 0.0526. The third kappa shape index (κ3) is 6.80. The molecule has 0 atom stereocenters. The Bertz CT molecular complexity index is 807. The van der Waals surface area contributed by atoms with Gasteiger partial charge in [0.25, 0.3) is 0 Å². The van der Waals surface area contributed by atoms with Crippen molar-refractivity contribution < 1.29 is 9.53 Å². The molecule has 2 aromatic rings. The molecular formula is C22H27ClN2O2S. The predicted molar refractivity (Wildman–Crippen MR) is 120 cm³/mol. The molecule has 150 valence electrons. The smallest absolute Gasteiger partial charge is 0.339 e. The van der Waals surface area contributed by atoms with Crippen LogP contribution in [0.25, 0.3) is 0 Å². The van der Waals surface area contributed by atoms with Gasteiger partial charge in [0.2, 0.25) is 0 Å². The molecule has 2 rings (SSSR count).